The van der Waals surface area contributed by atoms with E-state index in [9.17, 15) is 14.0 Å². The number of anilines is 1. The number of nitrogens with two attached hydrogens (primary N) is 1. The molecule has 0 bridgehead atoms. The van der Waals surface area contributed by atoms with Crippen LogP contribution in [-0.2, 0) is 7.05 Å². The smallest absolute Gasteiger partial charge is 0.291 e. The van der Waals surface area contributed by atoms with E-state index < -0.39 is 17.5 Å². The Morgan fingerprint density at radius 1 is 1.16 bits per heavy atom. The number of amides is 2. The first-order valence-corrected chi connectivity index (χ1v) is 12.1. The monoisotopic (exact) mass is 541 g/mol. The average molecular weight is 542 g/mol. The molecule has 38 heavy (non-hydrogen) atoms. The largest absolute Gasteiger partial charge is 0.402 e. The van der Waals surface area contributed by atoms with Gasteiger partial charge in [-0.2, -0.15) is 0 Å². The van der Waals surface area contributed by atoms with E-state index in [2.05, 4.69) is 15.6 Å². The number of allylic oxidation sites excluding steroid dienone is 2. The Morgan fingerprint density at radius 3 is 2.47 bits per heavy atom. The lowest BCUT2D eigenvalue weighted by molar-refractivity contribution is 0.0736. The van der Waals surface area contributed by atoms with Crippen molar-refractivity contribution in [1.82, 2.24) is 19.8 Å². The van der Waals surface area contributed by atoms with Crippen molar-refractivity contribution in [3.8, 4) is 11.3 Å². The Kier molecular flexibility index (Phi) is 7.88. The van der Waals surface area contributed by atoms with Gasteiger partial charge in [0.15, 0.2) is 17.5 Å². The second-order valence-electron chi connectivity index (χ2n) is 8.75. The number of carbonyl (C=O) groups excluding carboxylic acids is 2. The van der Waals surface area contributed by atoms with Crippen LogP contribution in [0.25, 0.3) is 16.8 Å². The lowest BCUT2D eigenvalue weighted by Gasteiger charge is -2.27. The average Bonchev–Trinajstić information content (AvgIpc) is 3.28. The summed E-state index contributed by atoms with van der Waals surface area (Å²) in [5.41, 5.74) is 6.51. The lowest BCUT2D eigenvalue weighted by atomic mass is 10.0. The summed E-state index contributed by atoms with van der Waals surface area (Å²) in [5.74, 6) is -3.17. The van der Waals surface area contributed by atoms with Gasteiger partial charge in [0.1, 0.15) is 0 Å². The van der Waals surface area contributed by atoms with Crippen LogP contribution in [-0.4, -0.2) is 58.7 Å². The molecule has 1 aromatic heterocycles. The Morgan fingerprint density at radius 2 is 1.84 bits per heavy atom. The minimum atomic E-state index is -1.16. The topological polar surface area (TPSA) is 129 Å². The zero-order valence-electron chi connectivity index (χ0n) is 20.7. The molecule has 1 aliphatic heterocycles. The van der Waals surface area contributed by atoms with Crippen molar-refractivity contribution in [2.75, 3.05) is 31.5 Å². The molecule has 2 amide bonds. The van der Waals surface area contributed by atoms with Gasteiger partial charge in [-0.05, 0) is 31.2 Å². The van der Waals surface area contributed by atoms with E-state index in [4.69, 9.17) is 22.7 Å². The zero-order valence-corrected chi connectivity index (χ0v) is 21.5. The van der Waals surface area contributed by atoms with Crippen LogP contribution in [0.3, 0.4) is 0 Å². The molecule has 9 nitrogen and oxygen atoms in total. The van der Waals surface area contributed by atoms with Gasteiger partial charge in [0.25, 0.3) is 11.8 Å². The maximum Gasteiger partial charge on any atom is 0.291 e. The van der Waals surface area contributed by atoms with E-state index in [-0.39, 0.29) is 44.8 Å². The molecule has 198 valence electrons. The quantitative estimate of drug-likeness (QED) is 0.354. The Labute approximate surface area is 222 Å². The molecule has 1 aliphatic rings. The van der Waals surface area contributed by atoms with E-state index in [1.807, 2.05) is 0 Å². The fraction of sp³-hybridized carbons (Fsp3) is 0.231. The van der Waals surface area contributed by atoms with E-state index in [0.717, 1.165) is 6.21 Å². The number of nitrogens with zero attached hydrogens (tertiary/aromatic N) is 3. The van der Waals surface area contributed by atoms with Crippen LogP contribution < -0.4 is 16.4 Å². The number of nitrogens with one attached hydrogen (secondary N) is 3. The third-order valence-corrected chi connectivity index (χ3v) is 6.58. The number of hydrogen-bond acceptors (Lipinski definition) is 6. The van der Waals surface area contributed by atoms with Crippen molar-refractivity contribution in [3.63, 3.8) is 0 Å². The number of hydrogen-bond donors (Lipinski definition) is 4. The Bertz CT molecular complexity index is 1460. The predicted octanol–water partition coefficient (Wildman–Crippen LogP) is 3.66. The molecular formula is C26H26ClF2N7O2. The summed E-state index contributed by atoms with van der Waals surface area (Å²) in [6.07, 6.45) is 2.12. The molecule has 1 saturated heterocycles. The Balaban J connectivity index is 1.56. The summed E-state index contributed by atoms with van der Waals surface area (Å²) in [6, 6.07) is 7.24. The van der Waals surface area contributed by atoms with Crippen molar-refractivity contribution >= 4 is 40.9 Å². The van der Waals surface area contributed by atoms with E-state index in [1.165, 1.54) is 42.9 Å². The first kappa shape index (κ1) is 27.0. The third kappa shape index (κ3) is 5.15. The van der Waals surface area contributed by atoms with Crippen LogP contribution in [0, 0.1) is 17.0 Å². The van der Waals surface area contributed by atoms with Crippen LogP contribution >= 0.6 is 11.6 Å². The fourth-order valence-corrected chi connectivity index (χ4v) is 4.48. The minimum Gasteiger partial charge on any atom is -0.402 e. The molecule has 4 rings (SSSR count). The molecule has 0 atom stereocenters. The highest BCUT2D eigenvalue weighted by atomic mass is 35.5. The predicted molar refractivity (Wildman–Crippen MR) is 142 cm³/mol. The zero-order chi connectivity index (χ0) is 27.6. The van der Waals surface area contributed by atoms with Crippen molar-refractivity contribution in [2.45, 2.75) is 6.92 Å². The molecule has 2 aromatic carbocycles. The molecular weight excluding hydrogens is 516 g/mol. The van der Waals surface area contributed by atoms with E-state index >= 15 is 4.39 Å². The van der Waals surface area contributed by atoms with Crippen molar-refractivity contribution in [1.29, 1.82) is 5.41 Å². The second kappa shape index (κ2) is 11.1. The molecule has 0 radical (unpaired) electrons. The molecule has 0 aliphatic carbocycles. The van der Waals surface area contributed by atoms with Gasteiger partial charge in [0.2, 0.25) is 0 Å². The third-order valence-electron chi connectivity index (χ3n) is 6.27. The summed E-state index contributed by atoms with van der Waals surface area (Å²) in [4.78, 5) is 31.5. The molecule has 0 saturated carbocycles. The maximum atomic E-state index is 15.0. The Hall–Kier alpha value is -4.09. The van der Waals surface area contributed by atoms with Gasteiger partial charge in [-0.15, -0.1) is 0 Å². The highest BCUT2D eigenvalue weighted by Crippen LogP contribution is 2.30. The summed E-state index contributed by atoms with van der Waals surface area (Å²) in [6.45, 7) is 4.06. The van der Waals surface area contributed by atoms with Crippen LogP contribution in [0.1, 0.15) is 33.5 Å². The van der Waals surface area contributed by atoms with E-state index in [1.54, 1.807) is 17.0 Å². The number of carbonyl (C=O) groups is 2. The molecule has 0 spiro atoms. The molecule has 3 aromatic rings. The minimum absolute atomic E-state index is 0.0566. The van der Waals surface area contributed by atoms with Gasteiger partial charge in [-0.1, -0.05) is 17.7 Å². The summed E-state index contributed by atoms with van der Waals surface area (Å²) >= 11 is 6.35. The van der Waals surface area contributed by atoms with E-state index in [0.29, 0.717) is 37.4 Å². The SMILES string of the molecule is C/C(N)=C(/C=N)c1ccc(-c2cnc(C(=O)Nc3ccc(C(=O)N4CCNCC4)c(Cl)c3)n2C)c(F)c1F. The summed E-state index contributed by atoms with van der Waals surface area (Å²) in [5, 5.41) is 13.5. The highest BCUT2D eigenvalue weighted by molar-refractivity contribution is 6.34. The molecule has 1 fully saturated rings. The first-order chi connectivity index (χ1) is 18.1. The number of aromatic nitrogens is 2. The van der Waals surface area contributed by atoms with Gasteiger partial charge in [-0.25, -0.2) is 13.8 Å². The fourth-order valence-electron chi connectivity index (χ4n) is 4.22. The molecule has 12 heteroatoms. The van der Waals surface area contributed by atoms with Gasteiger partial charge in [0.05, 0.1) is 22.5 Å². The van der Waals surface area contributed by atoms with Crippen molar-refractivity contribution < 1.29 is 18.4 Å². The number of rotatable bonds is 6. The number of halogens is 3. The van der Waals surface area contributed by atoms with Gasteiger partial charge in [0, 0.05) is 67.5 Å². The van der Waals surface area contributed by atoms with Crippen LogP contribution in [0.2, 0.25) is 5.02 Å². The van der Waals surface area contributed by atoms with Gasteiger partial charge >= 0.3 is 0 Å². The van der Waals surface area contributed by atoms with Crippen molar-refractivity contribution in [3.05, 3.63) is 75.8 Å². The highest BCUT2D eigenvalue weighted by Gasteiger charge is 2.23. The standard InChI is InChI=1S/C26H26ClF2N7O2/c1-14(31)19(12-30)16-5-6-18(23(29)22(16)28)21-13-33-24(35(21)2)25(37)34-15-3-4-17(20(27)11-15)26(38)36-9-7-32-8-10-36/h3-6,11-13,30,32H,7-10,31H2,1-2H3,(H,34,37)/b19-14+,30-12?. The van der Waals surface area contributed by atoms with Crippen LogP contribution in [0.4, 0.5) is 14.5 Å². The number of benzene rings is 2. The van der Waals surface area contributed by atoms with Gasteiger partial charge < -0.3 is 31.2 Å². The molecule has 0 unspecified atom stereocenters. The maximum absolute atomic E-state index is 15.0. The number of imidazole rings is 1. The molecule has 2 heterocycles. The number of piperazine rings is 1. The van der Waals surface area contributed by atoms with Gasteiger partial charge in [-0.3, -0.25) is 9.59 Å². The second-order valence-corrected chi connectivity index (χ2v) is 9.15. The summed E-state index contributed by atoms with van der Waals surface area (Å²) < 4.78 is 31.2. The lowest BCUT2D eigenvalue weighted by Crippen LogP contribution is -2.46. The van der Waals surface area contributed by atoms with Crippen LogP contribution in [0.5, 0.6) is 0 Å². The van der Waals surface area contributed by atoms with Crippen LogP contribution in [0.15, 0.2) is 42.2 Å². The molecule has 5 N–H and O–H groups in total. The summed E-state index contributed by atoms with van der Waals surface area (Å²) in [7, 11) is 1.50. The normalized spacial score (nSPS) is 14.2. The van der Waals surface area contributed by atoms with Crippen molar-refractivity contribution in [2.24, 2.45) is 12.8 Å². The first-order valence-electron chi connectivity index (χ1n) is 11.7.